The number of nitrogens with zero attached hydrogens (tertiary/aromatic N) is 1. The molecule has 1 aliphatic rings. The van der Waals surface area contributed by atoms with E-state index in [1.807, 2.05) is 0 Å². The second-order valence-electron chi connectivity index (χ2n) is 5.38. The molecule has 1 heterocycles. The summed E-state index contributed by atoms with van der Waals surface area (Å²) in [6.45, 7) is 0.339. The minimum Gasteiger partial charge on any atom is -0.326 e. The van der Waals surface area contributed by atoms with E-state index >= 15 is 0 Å². The van der Waals surface area contributed by atoms with E-state index in [4.69, 9.17) is 23.2 Å². The van der Waals surface area contributed by atoms with Crippen molar-refractivity contribution < 1.29 is 9.59 Å². The van der Waals surface area contributed by atoms with Crippen LogP contribution in [0.25, 0.3) is 0 Å². The van der Waals surface area contributed by atoms with Crippen LogP contribution in [-0.4, -0.2) is 18.4 Å². The van der Waals surface area contributed by atoms with Crippen molar-refractivity contribution in [1.29, 1.82) is 0 Å². The van der Waals surface area contributed by atoms with Crippen LogP contribution in [-0.2, 0) is 9.59 Å². The summed E-state index contributed by atoms with van der Waals surface area (Å²) in [5.41, 5.74) is 1.33. The molecule has 2 aromatic carbocycles. The fourth-order valence-electron chi connectivity index (χ4n) is 2.59. The quantitative estimate of drug-likeness (QED) is 0.911. The first-order chi connectivity index (χ1) is 11.0. The molecule has 1 fully saturated rings. The highest BCUT2D eigenvalue weighted by atomic mass is 35.5. The van der Waals surface area contributed by atoms with Crippen LogP contribution in [0.15, 0.2) is 48.5 Å². The topological polar surface area (TPSA) is 49.4 Å². The molecule has 4 nitrogen and oxygen atoms in total. The van der Waals surface area contributed by atoms with E-state index in [2.05, 4.69) is 5.32 Å². The van der Waals surface area contributed by atoms with Crippen LogP contribution >= 0.6 is 23.2 Å². The van der Waals surface area contributed by atoms with Crippen molar-refractivity contribution in [3.63, 3.8) is 0 Å². The average molecular weight is 349 g/mol. The Bertz CT molecular complexity index is 764. The van der Waals surface area contributed by atoms with Gasteiger partial charge in [-0.2, -0.15) is 0 Å². The van der Waals surface area contributed by atoms with E-state index in [1.54, 1.807) is 53.4 Å². The maximum Gasteiger partial charge on any atom is 0.229 e. The van der Waals surface area contributed by atoms with Crippen LogP contribution < -0.4 is 10.2 Å². The Labute approximate surface area is 144 Å². The van der Waals surface area contributed by atoms with Crippen LogP contribution in [0.1, 0.15) is 6.42 Å². The van der Waals surface area contributed by atoms with Crippen molar-refractivity contribution in [3.8, 4) is 0 Å². The van der Waals surface area contributed by atoms with Gasteiger partial charge in [0.15, 0.2) is 0 Å². The largest absolute Gasteiger partial charge is 0.326 e. The van der Waals surface area contributed by atoms with Crippen LogP contribution in [0.4, 0.5) is 11.4 Å². The molecular formula is C17H14Cl2N2O2. The van der Waals surface area contributed by atoms with Gasteiger partial charge in [-0.3, -0.25) is 9.59 Å². The molecule has 118 valence electrons. The van der Waals surface area contributed by atoms with Gasteiger partial charge in [0, 0.05) is 34.4 Å². The van der Waals surface area contributed by atoms with Gasteiger partial charge in [-0.05, 0) is 36.4 Å². The van der Waals surface area contributed by atoms with Crippen LogP contribution in [0.5, 0.6) is 0 Å². The standard InChI is InChI=1S/C17H14Cl2N2O2/c18-12-3-1-5-14(8-12)20-17(23)11-7-16(22)21(10-11)15-6-2-4-13(19)9-15/h1-6,8-9,11H,7,10H2,(H,20,23)/t11-/m1/s1. The Morgan fingerprint density at radius 2 is 1.78 bits per heavy atom. The number of carbonyl (C=O) groups excluding carboxylic acids is 2. The molecule has 3 rings (SSSR count). The van der Waals surface area contributed by atoms with Crippen molar-refractivity contribution in [2.45, 2.75) is 6.42 Å². The second-order valence-corrected chi connectivity index (χ2v) is 6.26. The first-order valence-corrected chi connectivity index (χ1v) is 7.91. The fourth-order valence-corrected chi connectivity index (χ4v) is 2.96. The van der Waals surface area contributed by atoms with Crippen molar-refractivity contribution in [3.05, 3.63) is 58.6 Å². The molecule has 0 aliphatic carbocycles. The molecule has 1 N–H and O–H groups in total. The number of rotatable bonds is 3. The predicted molar refractivity (Wildman–Crippen MR) is 92.0 cm³/mol. The predicted octanol–water partition coefficient (Wildman–Crippen LogP) is 3.99. The Morgan fingerprint density at radius 1 is 1.09 bits per heavy atom. The van der Waals surface area contributed by atoms with Gasteiger partial charge < -0.3 is 10.2 Å². The van der Waals surface area contributed by atoms with Gasteiger partial charge in [0.25, 0.3) is 0 Å². The molecule has 0 saturated carbocycles. The van der Waals surface area contributed by atoms with Gasteiger partial charge in [0.2, 0.25) is 11.8 Å². The molecule has 1 aliphatic heterocycles. The Balaban J connectivity index is 1.70. The second kappa shape index (κ2) is 6.60. The molecule has 0 bridgehead atoms. The average Bonchev–Trinajstić information content (AvgIpc) is 2.89. The maximum atomic E-state index is 12.4. The molecule has 2 aromatic rings. The summed E-state index contributed by atoms with van der Waals surface area (Å²) in [4.78, 5) is 26.1. The zero-order valence-corrected chi connectivity index (χ0v) is 13.6. The van der Waals surface area contributed by atoms with Crippen molar-refractivity contribution >= 4 is 46.4 Å². The number of nitrogens with one attached hydrogen (secondary N) is 1. The highest BCUT2D eigenvalue weighted by Crippen LogP contribution is 2.28. The lowest BCUT2D eigenvalue weighted by Crippen LogP contribution is -2.28. The van der Waals surface area contributed by atoms with Crippen molar-refractivity contribution in [2.24, 2.45) is 5.92 Å². The number of benzene rings is 2. The molecule has 0 spiro atoms. The summed E-state index contributed by atoms with van der Waals surface area (Å²) >= 11 is 11.9. The third-order valence-electron chi connectivity index (χ3n) is 3.71. The van der Waals surface area contributed by atoms with E-state index in [-0.39, 0.29) is 18.2 Å². The van der Waals surface area contributed by atoms with E-state index in [0.29, 0.717) is 28.0 Å². The summed E-state index contributed by atoms with van der Waals surface area (Å²) in [5, 5.41) is 3.90. The molecule has 6 heteroatoms. The first kappa shape index (κ1) is 15.8. The molecule has 0 unspecified atom stereocenters. The van der Waals surface area contributed by atoms with Gasteiger partial charge in [-0.1, -0.05) is 35.3 Å². The van der Waals surface area contributed by atoms with E-state index in [9.17, 15) is 9.59 Å². The third-order valence-corrected chi connectivity index (χ3v) is 4.18. The minimum atomic E-state index is -0.402. The summed E-state index contributed by atoms with van der Waals surface area (Å²) < 4.78 is 0. The molecule has 1 saturated heterocycles. The summed E-state index contributed by atoms with van der Waals surface area (Å²) in [7, 11) is 0. The van der Waals surface area contributed by atoms with E-state index in [0.717, 1.165) is 0 Å². The normalized spacial score (nSPS) is 17.4. The monoisotopic (exact) mass is 348 g/mol. The van der Waals surface area contributed by atoms with E-state index in [1.165, 1.54) is 0 Å². The molecule has 0 aromatic heterocycles. The van der Waals surface area contributed by atoms with Gasteiger partial charge >= 0.3 is 0 Å². The van der Waals surface area contributed by atoms with Gasteiger partial charge in [-0.15, -0.1) is 0 Å². The molecular weight excluding hydrogens is 335 g/mol. The van der Waals surface area contributed by atoms with Crippen LogP contribution in [0.3, 0.4) is 0 Å². The van der Waals surface area contributed by atoms with E-state index < -0.39 is 5.92 Å². The SMILES string of the molecule is O=C(Nc1cccc(Cl)c1)[C@@H]1CC(=O)N(c2cccc(Cl)c2)C1. The lowest BCUT2D eigenvalue weighted by Gasteiger charge is -2.17. The van der Waals surface area contributed by atoms with Crippen LogP contribution in [0, 0.1) is 5.92 Å². The summed E-state index contributed by atoms with van der Waals surface area (Å²) in [6.07, 6.45) is 0.179. The number of amides is 2. The molecule has 1 atom stereocenters. The number of hydrogen-bond donors (Lipinski definition) is 1. The summed E-state index contributed by atoms with van der Waals surface area (Å²) in [6, 6.07) is 14.0. The maximum absolute atomic E-state index is 12.4. The first-order valence-electron chi connectivity index (χ1n) is 7.15. The summed E-state index contributed by atoms with van der Waals surface area (Å²) in [5.74, 6) is -0.677. The van der Waals surface area contributed by atoms with Gasteiger partial charge in [-0.25, -0.2) is 0 Å². The highest BCUT2D eigenvalue weighted by molar-refractivity contribution is 6.31. The molecule has 23 heavy (non-hydrogen) atoms. The lowest BCUT2D eigenvalue weighted by molar-refractivity contribution is -0.122. The molecule has 2 amide bonds. The number of anilines is 2. The zero-order chi connectivity index (χ0) is 16.4. The Hall–Kier alpha value is -2.04. The molecule has 0 radical (unpaired) electrons. The van der Waals surface area contributed by atoms with Crippen molar-refractivity contribution in [2.75, 3.05) is 16.8 Å². The smallest absolute Gasteiger partial charge is 0.229 e. The number of carbonyl (C=O) groups is 2. The zero-order valence-electron chi connectivity index (χ0n) is 12.1. The lowest BCUT2D eigenvalue weighted by atomic mass is 10.1. The number of hydrogen-bond acceptors (Lipinski definition) is 2. The fraction of sp³-hybridized carbons (Fsp3) is 0.176. The highest BCUT2D eigenvalue weighted by Gasteiger charge is 2.35. The Morgan fingerprint density at radius 3 is 2.48 bits per heavy atom. The minimum absolute atomic E-state index is 0.0847. The van der Waals surface area contributed by atoms with Crippen LogP contribution in [0.2, 0.25) is 10.0 Å². The van der Waals surface area contributed by atoms with Gasteiger partial charge in [0.1, 0.15) is 0 Å². The van der Waals surface area contributed by atoms with Crippen molar-refractivity contribution in [1.82, 2.24) is 0 Å². The van der Waals surface area contributed by atoms with Gasteiger partial charge in [0.05, 0.1) is 5.92 Å². The Kier molecular flexibility index (Phi) is 4.55. The third kappa shape index (κ3) is 3.66. The number of halogens is 2.